The van der Waals surface area contributed by atoms with Gasteiger partial charge in [-0.05, 0) is 38.1 Å². The Balaban J connectivity index is 1.73. The molecule has 0 radical (unpaired) electrons. The molecule has 1 unspecified atom stereocenters. The highest BCUT2D eigenvalue weighted by Gasteiger charge is 2.29. The second-order valence-electron chi connectivity index (χ2n) is 5.02. The summed E-state index contributed by atoms with van der Waals surface area (Å²) in [6.45, 7) is 3.64. The Morgan fingerprint density at radius 1 is 1.44 bits per heavy atom. The molecule has 0 spiro atoms. The fraction of sp³-hybridized carbons (Fsp3) is 0.917. The number of nitrogens with one attached hydrogen (secondary N) is 1. The highest BCUT2D eigenvalue weighted by atomic mass is 16.5. The van der Waals surface area contributed by atoms with Gasteiger partial charge in [-0.3, -0.25) is 4.79 Å². The number of ether oxygens (including phenoxy) is 1. The zero-order valence-corrected chi connectivity index (χ0v) is 10.1. The lowest BCUT2D eigenvalue weighted by atomic mass is 9.97. The summed E-state index contributed by atoms with van der Waals surface area (Å²) in [6, 6.07) is 0. The molecule has 16 heavy (non-hydrogen) atoms. The van der Waals surface area contributed by atoms with Gasteiger partial charge in [0, 0.05) is 20.2 Å². The van der Waals surface area contributed by atoms with E-state index in [0.29, 0.717) is 6.73 Å². The number of amides is 1. The third-order valence-corrected chi connectivity index (χ3v) is 3.48. The average Bonchev–Trinajstić information content (AvgIpc) is 3.10. The van der Waals surface area contributed by atoms with Gasteiger partial charge in [-0.25, -0.2) is 0 Å². The fourth-order valence-electron chi connectivity index (χ4n) is 2.39. The van der Waals surface area contributed by atoms with Crippen molar-refractivity contribution in [1.82, 2.24) is 10.2 Å². The monoisotopic (exact) mass is 226 g/mol. The van der Waals surface area contributed by atoms with Crippen molar-refractivity contribution < 1.29 is 9.53 Å². The normalized spacial score (nSPS) is 26.7. The predicted molar refractivity (Wildman–Crippen MR) is 61.9 cm³/mol. The molecule has 1 saturated carbocycles. The number of likely N-dealkylation sites (tertiary alicyclic amines) is 1. The number of carbonyl (C=O) groups is 1. The average molecular weight is 226 g/mol. The molecule has 0 bridgehead atoms. The first kappa shape index (κ1) is 11.9. The molecule has 0 aromatic heterocycles. The van der Waals surface area contributed by atoms with Crippen molar-refractivity contribution >= 4 is 5.91 Å². The van der Waals surface area contributed by atoms with Gasteiger partial charge in [0.05, 0.1) is 5.92 Å². The summed E-state index contributed by atoms with van der Waals surface area (Å²) in [5.41, 5.74) is 0. The number of hydrogen-bond donors (Lipinski definition) is 1. The van der Waals surface area contributed by atoms with Crippen LogP contribution in [-0.2, 0) is 9.53 Å². The number of rotatable bonds is 5. The number of piperidine rings is 1. The van der Waals surface area contributed by atoms with E-state index < -0.39 is 0 Å². The van der Waals surface area contributed by atoms with Gasteiger partial charge in [-0.1, -0.05) is 0 Å². The Morgan fingerprint density at radius 3 is 2.94 bits per heavy atom. The summed E-state index contributed by atoms with van der Waals surface area (Å²) < 4.78 is 4.86. The minimum atomic E-state index is 0.155. The molecule has 0 aromatic rings. The summed E-state index contributed by atoms with van der Waals surface area (Å²) in [5, 5.41) is 2.80. The first-order valence-electron chi connectivity index (χ1n) is 6.28. The van der Waals surface area contributed by atoms with E-state index in [9.17, 15) is 4.79 Å². The first-order chi connectivity index (χ1) is 7.79. The summed E-state index contributed by atoms with van der Waals surface area (Å²) in [6.07, 6.45) is 4.95. The second-order valence-corrected chi connectivity index (χ2v) is 5.02. The number of nitrogens with zero attached hydrogens (tertiary/aromatic N) is 1. The maximum atomic E-state index is 11.8. The highest BCUT2D eigenvalue weighted by Crippen LogP contribution is 2.31. The molecule has 1 aliphatic carbocycles. The molecule has 1 heterocycles. The molecule has 2 aliphatic rings. The van der Waals surface area contributed by atoms with Crippen LogP contribution in [0.1, 0.15) is 25.7 Å². The highest BCUT2D eigenvalue weighted by molar-refractivity contribution is 5.78. The Kier molecular flexibility index (Phi) is 4.18. The number of methoxy groups -OCH3 is 1. The van der Waals surface area contributed by atoms with Crippen LogP contribution in [0.5, 0.6) is 0 Å². The van der Waals surface area contributed by atoms with E-state index in [2.05, 4.69) is 10.2 Å². The molecule has 2 rings (SSSR count). The van der Waals surface area contributed by atoms with Crippen LogP contribution in [0, 0.1) is 11.8 Å². The van der Waals surface area contributed by atoms with Crippen LogP contribution >= 0.6 is 0 Å². The molecule has 0 aromatic carbocycles. The Hall–Kier alpha value is -0.610. The van der Waals surface area contributed by atoms with Gasteiger partial charge < -0.3 is 15.0 Å². The van der Waals surface area contributed by atoms with Gasteiger partial charge in [0.2, 0.25) is 5.91 Å². The van der Waals surface area contributed by atoms with Crippen molar-refractivity contribution in [1.29, 1.82) is 0 Å². The molecule has 4 heteroatoms. The molecule has 1 aliphatic heterocycles. The van der Waals surface area contributed by atoms with E-state index in [1.54, 1.807) is 7.11 Å². The van der Waals surface area contributed by atoms with Crippen molar-refractivity contribution in [2.75, 3.05) is 33.5 Å². The Morgan fingerprint density at radius 2 is 2.25 bits per heavy atom. The van der Waals surface area contributed by atoms with E-state index in [-0.39, 0.29) is 11.8 Å². The van der Waals surface area contributed by atoms with E-state index in [4.69, 9.17) is 4.74 Å². The van der Waals surface area contributed by atoms with Crippen molar-refractivity contribution in [3.63, 3.8) is 0 Å². The van der Waals surface area contributed by atoms with Gasteiger partial charge in [-0.15, -0.1) is 0 Å². The molecular formula is C12H22N2O2. The number of hydrogen-bond acceptors (Lipinski definition) is 3. The van der Waals surface area contributed by atoms with Gasteiger partial charge in [-0.2, -0.15) is 0 Å². The van der Waals surface area contributed by atoms with Crippen LogP contribution in [-0.4, -0.2) is 44.3 Å². The minimum absolute atomic E-state index is 0.155. The van der Waals surface area contributed by atoms with Gasteiger partial charge >= 0.3 is 0 Å². The molecule has 1 saturated heterocycles. The predicted octanol–water partition coefficient (Wildman–Crippen LogP) is 0.828. The van der Waals surface area contributed by atoms with E-state index in [0.717, 1.165) is 25.3 Å². The Labute approximate surface area is 97.3 Å². The van der Waals surface area contributed by atoms with Crippen molar-refractivity contribution in [2.24, 2.45) is 11.8 Å². The van der Waals surface area contributed by atoms with Crippen molar-refractivity contribution in [2.45, 2.75) is 25.7 Å². The smallest absolute Gasteiger partial charge is 0.226 e. The van der Waals surface area contributed by atoms with E-state index in [1.165, 1.54) is 25.9 Å². The molecule has 92 valence electrons. The lowest BCUT2D eigenvalue weighted by molar-refractivity contribution is -0.128. The number of carbonyl (C=O) groups excluding carboxylic acids is 1. The van der Waals surface area contributed by atoms with Crippen LogP contribution < -0.4 is 5.32 Å². The lowest BCUT2D eigenvalue weighted by Crippen LogP contribution is -2.44. The molecule has 2 fully saturated rings. The summed E-state index contributed by atoms with van der Waals surface area (Å²) in [4.78, 5) is 14.2. The summed E-state index contributed by atoms with van der Waals surface area (Å²) in [7, 11) is 1.60. The second kappa shape index (κ2) is 5.64. The third-order valence-electron chi connectivity index (χ3n) is 3.48. The summed E-state index contributed by atoms with van der Waals surface area (Å²) >= 11 is 0. The summed E-state index contributed by atoms with van der Waals surface area (Å²) in [5.74, 6) is 1.24. The quantitative estimate of drug-likeness (QED) is 0.706. The van der Waals surface area contributed by atoms with E-state index in [1.807, 2.05) is 0 Å². The Bertz CT molecular complexity index is 241. The van der Waals surface area contributed by atoms with Crippen LogP contribution in [0.4, 0.5) is 0 Å². The van der Waals surface area contributed by atoms with Crippen molar-refractivity contribution in [3.05, 3.63) is 0 Å². The molecular weight excluding hydrogens is 204 g/mol. The first-order valence-corrected chi connectivity index (χ1v) is 6.28. The molecule has 4 nitrogen and oxygen atoms in total. The lowest BCUT2D eigenvalue weighted by Gasteiger charge is -2.31. The molecule has 1 amide bonds. The maximum absolute atomic E-state index is 11.8. The largest absolute Gasteiger partial charge is 0.364 e. The fourth-order valence-corrected chi connectivity index (χ4v) is 2.39. The zero-order chi connectivity index (χ0) is 11.4. The van der Waals surface area contributed by atoms with Crippen LogP contribution in [0.2, 0.25) is 0 Å². The minimum Gasteiger partial charge on any atom is -0.364 e. The third kappa shape index (κ3) is 3.46. The van der Waals surface area contributed by atoms with Gasteiger partial charge in [0.25, 0.3) is 0 Å². The molecule has 1 atom stereocenters. The SMILES string of the molecule is COCNC(=O)C1CCCN(CC2CC2)C1. The van der Waals surface area contributed by atoms with E-state index >= 15 is 0 Å². The van der Waals surface area contributed by atoms with Gasteiger partial charge in [0.1, 0.15) is 6.73 Å². The standard InChI is InChI=1S/C12H22N2O2/c1-16-9-13-12(15)11-3-2-6-14(8-11)7-10-4-5-10/h10-11H,2-9H2,1H3,(H,13,15). The zero-order valence-electron chi connectivity index (χ0n) is 10.1. The van der Waals surface area contributed by atoms with Crippen LogP contribution in [0.15, 0.2) is 0 Å². The van der Waals surface area contributed by atoms with Crippen LogP contribution in [0.25, 0.3) is 0 Å². The van der Waals surface area contributed by atoms with Crippen molar-refractivity contribution in [3.8, 4) is 0 Å². The van der Waals surface area contributed by atoms with Gasteiger partial charge in [0.15, 0.2) is 0 Å². The molecule has 1 N–H and O–H groups in total. The van der Waals surface area contributed by atoms with Crippen LogP contribution in [0.3, 0.4) is 0 Å². The maximum Gasteiger partial charge on any atom is 0.226 e. The topological polar surface area (TPSA) is 41.6 Å².